The van der Waals surface area contributed by atoms with Gasteiger partial charge in [0, 0.05) is 5.56 Å². The molecule has 84 valence electrons. The van der Waals surface area contributed by atoms with Gasteiger partial charge in [0.1, 0.15) is 11.4 Å². The summed E-state index contributed by atoms with van der Waals surface area (Å²) in [5.41, 5.74) is -0.317. The van der Waals surface area contributed by atoms with Crippen LogP contribution in [0.15, 0.2) is 30.0 Å². The number of amides is 1. The number of para-hydroxylation sites is 1. The molecule has 1 rings (SSSR count). The lowest BCUT2D eigenvalue weighted by Crippen LogP contribution is -2.25. The predicted molar refractivity (Wildman–Crippen MR) is 54.9 cm³/mol. The van der Waals surface area contributed by atoms with E-state index in [1.54, 1.807) is 17.4 Å². The molecule has 0 bridgehead atoms. The van der Waals surface area contributed by atoms with E-state index in [-0.39, 0.29) is 11.3 Å². The zero-order valence-corrected chi connectivity index (χ0v) is 8.04. The van der Waals surface area contributed by atoms with Crippen LogP contribution in [0.25, 0.3) is 6.08 Å². The largest absolute Gasteiger partial charge is 0.507 e. The number of carboxylic acid groups (broad SMARTS) is 2. The molecule has 0 aromatic heterocycles. The van der Waals surface area contributed by atoms with Crippen LogP contribution in [0.3, 0.4) is 0 Å². The maximum absolute atomic E-state index is 10.7. The first-order valence-corrected chi connectivity index (χ1v) is 4.23. The van der Waals surface area contributed by atoms with Crippen molar-refractivity contribution < 1.29 is 24.9 Å². The van der Waals surface area contributed by atoms with Crippen LogP contribution in [0.4, 0.5) is 4.79 Å². The molecule has 1 aromatic rings. The second kappa shape index (κ2) is 4.83. The van der Waals surface area contributed by atoms with Gasteiger partial charge in [0.15, 0.2) is 0 Å². The third-order valence-electron chi connectivity index (χ3n) is 1.71. The summed E-state index contributed by atoms with van der Waals surface area (Å²) in [7, 11) is 0. The minimum absolute atomic E-state index is 0.131. The van der Waals surface area contributed by atoms with Crippen molar-refractivity contribution in [2.24, 2.45) is 0 Å². The molecule has 1 aromatic carbocycles. The Hall–Kier alpha value is -2.50. The number of nitrogens with one attached hydrogen (secondary N) is 1. The number of aliphatic carboxylic acids is 1. The fourth-order valence-electron chi connectivity index (χ4n) is 1.03. The number of hydrogen-bond donors (Lipinski definition) is 4. The van der Waals surface area contributed by atoms with Gasteiger partial charge in [0.05, 0.1) is 0 Å². The summed E-state index contributed by atoms with van der Waals surface area (Å²) in [6.07, 6.45) is -0.449. The topological polar surface area (TPSA) is 107 Å². The maximum Gasteiger partial charge on any atom is 0.409 e. The highest BCUT2D eigenvalue weighted by molar-refractivity contribution is 5.95. The van der Waals surface area contributed by atoms with Crippen molar-refractivity contribution in [1.82, 2.24) is 5.32 Å². The van der Waals surface area contributed by atoms with Crippen LogP contribution in [0.1, 0.15) is 5.56 Å². The molecule has 0 aliphatic heterocycles. The number of benzene rings is 1. The fraction of sp³-hybridized carbons (Fsp3) is 0. The molecule has 0 radical (unpaired) electrons. The average molecular weight is 223 g/mol. The predicted octanol–water partition coefficient (Wildman–Crippen LogP) is 1.09. The van der Waals surface area contributed by atoms with Crippen molar-refractivity contribution in [3.05, 3.63) is 35.5 Å². The molecule has 0 saturated carbocycles. The van der Waals surface area contributed by atoms with Gasteiger partial charge in [0.2, 0.25) is 0 Å². The van der Waals surface area contributed by atoms with Crippen LogP contribution < -0.4 is 5.32 Å². The highest BCUT2D eigenvalue weighted by Gasteiger charge is 2.11. The molecule has 0 fully saturated rings. The van der Waals surface area contributed by atoms with Crippen molar-refractivity contribution in [2.45, 2.75) is 0 Å². The molecule has 4 N–H and O–H groups in total. The fourth-order valence-corrected chi connectivity index (χ4v) is 1.03. The highest BCUT2D eigenvalue weighted by Crippen LogP contribution is 2.18. The monoisotopic (exact) mass is 223 g/mol. The molecule has 0 heterocycles. The zero-order chi connectivity index (χ0) is 12.1. The second-order valence-corrected chi connectivity index (χ2v) is 2.85. The van der Waals surface area contributed by atoms with E-state index in [9.17, 15) is 14.7 Å². The Morgan fingerprint density at radius 2 is 1.81 bits per heavy atom. The highest BCUT2D eigenvalue weighted by atomic mass is 16.4. The summed E-state index contributed by atoms with van der Waals surface area (Å²) in [5.74, 6) is -1.56. The summed E-state index contributed by atoms with van der Waals surface area (Å²) >= 11 is 0. The summed E-state index contributed by atoms with van der Waals surface area (Å²) in [6, 6.07) is 5.98. The van der Waals surface area contributed by atoms with Crippen LogP contribution in [0, 0.1) is 0 Å². The minimum atomic E-state index is -1.48. The number of carbonyl (C=O) groups is 2. The molecule has 6 heteroatoms. The quantitative estimate of drug-likeness (QED) is 0.574. The van der Waals surface area contributed by atoms with Gasteiger partial charge in [-0.15, -0.1) is 0 Å². The number of phenols is 1. The summed E-state index contributed by atoms with van der Waals surface area (Å²) in [6.45, 7) is 0. The van der Waals surface area contributed by atoms with Crippen molar-refractivity contribution >= 4 is 18.1 Å². The summed E-state index contributed by atoms with van der Waals surface area (Å²) in [5, 5.41) is 28.2. The van der Waals surface area contributed by atoms with E-state index >= 15 is 0 Å². The van der Waals surface area contributed by atoms with Gasteiger partial charge in [-0.05, 0) is 12.1 Å². The van der Waals surface area contributed by atoms with E-state index in [0.29, 0.717) is 0 Å². The zero-order valence-electron chi connectivity index (χ0n) is 8.04. The van der Waals surface area contributed by atoms with Crippen LogP contribution in [-0.4, -0.2) is 27.4 Å². The van der Waals surface area contributed by atoms with Gasteiger partial charge in [-0.2, -0.15) is 0 Å². The Balaban J connectivity index is 3.07. The molecular formula is C10H9NO5. The summed E-state index contributed by atoms with van der Waals surface area (Å²) < 4.78 is 0. The number of rotatable bonds is 3. The Morgan fingerprint density at radius 3 is 2.31 bits per heavy atom. The molecule has 0 unspecified atom stereocenters. The third kappa shape index (κ3) is 3.02. The van der Waals surface area contributed by atoms with E-state index < -0.39 is 17.8 Å². The molecule has 6 nitrogen and oxygen atoms in total. The van der Waals surface area contributed by atoms with Crippen LogP contribution >= 0.6 is 0 Å². The Kier molecular flexibility index (Phi) is 3.49. The Bertz CT molecular complexity index is 452. The first-order valence-electron chi connectivity index (χ1n) is 4.23. The van der Waals surface area contributed by atoms with E-state index in [1.807, 2.05) is 0 Å². The second-order valence-electron chi connectivity index (χ2n) is 2.85. The van der Waals surface area contributed by atoms with Gasteiger partial charge >= 0.3 is 12.1 Å². The Labute approximate surface area is 90.5 Å². The summed E-state index contributed by atoms with van der Waals surface area (Å²) in [4.78, 5) is 21.0. The lowest BCUT2D eigenvalue weighted by molar-refractivity contribution is -0.132. The Morgan fingerprint density at radius 1 is 1.19 bits per heavy atom. The molecule has 0 spiro atoms. The molecular weight excluding hydrogens is 214 g/mol. The van der Waals surface area contributed by atoms with Gasteiger partial charge in [0.25, 0.3) is 0 Å². The maximum atomic E-state index is 10.7. The smallest absolute Gasteiger partial charge is 0.409 e. The van der Waals surface area contributed by atoms with Crippen molar-refractivity contribution in [1.29, 1.82) is 0 Å². The van der Waals surface area contributed by atoms with Gasteiger partial charge < -0.3 is 15.3 Å². The third-order valence-corrected chi connectivity index (χ3v) is 1.71. The number of aromatic hydroxyl groups is 1. The number of phenolic OH excluding ortho intramolecular Hbond substituents is 1. The molecule has 0 aliphatic carbocycles. The number of carboxylic acids is 1. The van der Waals surface area contributed by atoms with Gasteiger partial charge in [-0.1, -0.05) is 18.2 Å². The first-order chi connectivity index (χ1) is 7.50. The van der Waals surface area contributed by atoms with Crippen LogP contribution in [-0.2, 0) is 4.79 Å². The van der Waals surface area contributed by atoms with Crippen LogP contribution in [0.2, 0.25) is 0 Å². The lowest BCUT2D eigenvalue weighted by Gasteiger charge is -2.03. The number of hydrogen-bond acceptors (Lipinski definition) is 3. The molecule has 16 heavy (non-hydrogen) atoms. The first kappa shape index (κ1) is 11.6. The lowest BCUT2D eigenvalue weighted by atomic mass is 10.1. The van der Waals surface area contributed by atoms with E-state index in [2.05, 4.69) is 0 Å². The van der Waals surface area contributed by atoms with E-state index in [0.717, 1.165) is 6.08 Å². The standard InChI is InChI=1S/C10H9NO5/c12-8-4-2-1-3-6(8)5-7(9(13)14)11-10(15)16/h1-5,11-12H,(H,13,14)(H,15,16)/b7-5+. The molecule has 0 saturated heterocycles. The average Bonchev–Trinajstić information content (AvgIpc) is 2.19. The van der Waals surface area contributed by atoms with E-state index in [4.69, 9.17) is 10.2 Å². The van der Waals surface area contributed by atoms with Crippen LogP contribution in [0.5, 0.6) is 5.75 Å². The van der Waals surface area contributed by atoms with E-state index in [1.165, 1.54) is 12.1 Å². The molecule has 1 amide bonds. The minimum Gasteiger partial charge on any atom is -0.507 e. The van der Waals surface area contributed by atoms with Crippen molar-refractivity contribution in [3.63, 3.8) is 0 Å². The SMILES string of the molecule is O=C(O)N/C(=C/c1ccccc1O)C(=O)O. The van der Waals surface area contributed by atoms with Crippen molar-refractivity contribution in [2.75, 3.05) is 0 Å². The van der Waals surface area contributed by atoms with Gasteiger partial charge in [-0.3, -0.25) is 5.32 Å². The molecule has 0 aliphatic rings. The normalized spacial score (nSPS) is 10.9. The molecule has 0 atom stereocenters. The van der Waals surface area contributed by atoms with Crippen molar-refractivity contribution in [3.8, 4) is 5.75 Å². The van der Waals surface area contributed by atoms with Gasteiger partial charge in [-0.25, -0.2) is 9.59 Å².